The van der Waals surface area contributed by atoms with E-state index in [0.29, 0.717) is 22.4 Å². The third kappa shape index (κ3) is 3.60. The number of hydrogen-bond acceptors (Lipinski definition) is 3. The Morgan fingerprint density at radius 1 is 1.17 bits per heavy atom. The Kier molecular flexibility index (Phi) is 4.14. The molecule has 3 rings (SSSR count). The quantitative estimate of drug-likeness (QED) is 0.778. The summed E-state index contributed by atoms with van der Waals surface area (Å²) in [6.07, 6.45) is 0.298. The Labute approximate surface area is 131 Å². The Balaban J connectivity index is 1.69. The lowest BCUT2D eigenvalue weighted by atomic mass is 10.2. The number of carbonyl (C=O) groups is 1. The fraction of sp³-hybridized carbons (Fsp3) is 0.118. The fourth-order valence-corrected chi connectivity index (χ4v) is 2.26. The number of aromatic nitrogens is 2. The highest BCUT2D eigenvalue weighted by Gasteiger charge is 2.08. The van der Waals surface area contributed by atoms with Gasteiger partial charge in [-0.25, -0.2) is 9.37 Å². The molecule has 0 unspecified atom stereocenters. The summed E-state index contributed by atoms with van der Waals surface area (Å²) >= 11 is 0. The molecule has 0 aliphatic heterocycles. The first-order valence-electron chi connectivity index (χ1n) is 7.15. The minimum atomic E-state index is -0.421. The second-order valence-corrected chi connectivity index (χ2v) is 5.09. The molecule has 0 spiro atoms. The largest absolute Gasteiger partial charge is 0.326 e. The molecule has 0 bridgehead atoms. The topological polar surface area (TPSA) is 74.8 Å². The van der Waals surface area contributed by atoms with Gasteiger partial charge in [-0.15, -0.1) is 0 Å². The van der Waals surface area contributed by atoms with Crippen molar-refractivity contribution in [3.8, 4) is 0 Å². The number of aromatic amines is 1. The van der Waals surface area contributed by atoms with Crippen molar-refractivity contribution in [2.24, 2.45) is 0 Å². The number of aryl methyl sites for hydroxylation is 1. The highest BCUT2D eigenvalue weighted by atomic mass is 19.1. The minimum absolute atomic E-state index is 0.0882. The normalized spacial score (nSPS) is 10.7. The standard InChI is InChI=1S/C17H14FN3O2/c18-11-4-3-5-12(10-11)19-16(22)9-8-15-17(23)21-14-7-2-1-6-13(14)20-15/h1-7,10H,8-9H2,(H,19,22)(H,21,23). The van der Waals surface area contributed by atoms with E-state index in [0.717, 1.165) is 0 Å². The predicted molar refractivity (Wildman–Crippen MR) is 85.7 cm³/mol. The summed E-state index contributed by atoms with van der Waals surface area (Å²) in [5.74, 6) is -0.722. The van der Waals surface area contributed by atoms with Crippen LogP contribution >= 0.6 is 0 Å². The van der Waals surface area contributed by atoms with Gasteiger partial charge in [0.25, 0.3) is 5.56 Å². The number of rotatable bonds is 4. The van der Waals surface area contributed by atoms with Gasteiger partial charge in [-0.2, -0.15) is 0 Å². The molecule has 23 heavy (non-hydrogen) atoms. The first kappa shape index (κ1) is 14.9. The van der Waals surface area contributed by atoms with Gasteiger partial charge in [-0.05, 0) is 30.3 Å². The summed E-state index contributed by atoms with van der Waals surface area (Å²) in [5.41, 5.74) is 1.72. The van der Waals surface area contributed by atoms with Gasteiger partial charge in [0.1, 0.15) is 11.5 Å². The van der Waals surface area contributed by atoms with E-state index in [1.807, 2.05) is 12.1 Å². The van der Waals surface area contributed by atoms with Crippen LogP contribution in [-0.4, -0.2) is 15.9 Å². The molecule has 0 saturated carbocycles. The SMILES string of the molecule is O=C(CCc1nc2ccccc2[nH]c1=O)Nc1cccc(F)c1. The number of fused-ring (bicyclic) bond motifs is 1. The van der Waals surface area contributed by atoms with Crippen LogP contribution in [0.2, 0.25) is 0 Å². The van der Waals surface area contributed by atoms with Gasteiger partial charge < -0.3 is 10.3 Å². The number of hydrogen-bond donors (Lipinski definition) is 2. The van der Waals surface area contributed by atoms with Crippen LogP contribution in [0, 0.1) is 5.82 Å². The predicted octanol–water partition coefficient (Wildman–Crippen LogP) is 2.63. The molecule has 0 fully saturated rings. The molecule has 1 aromatic heterocycles. The van der Waals surface area contributed by atoms with Gasteiger partial charge in [-0.3, -0.25) is 9.59 Å². The average molecular weight is 311 g/mol. The molecular formula is C17H14FN3O2. The zero-order valence-electron chi connectivity index (χ0n) is 12.2. The Morgan fingerprint density at radius 2 is 2.00 bits per heavy atom. The van der Waals surface area contributed by atoms with E-state index < -0.39 is 5.82 Å². The maximum absolute atomic E-state index is 13.1. The number of para-hydroxylation sites is 2. The van der Waals surface area contributed by atoms with Crippen LogP contribution in [0.25, 0.3) is 11.0 Å². The molecule has 116 valence electrons. The van der Waals surface area contributed by atoms with Crippen LogP contribution in [0.15, 0.2) is 53.3 Å². The van der Waals surface area contributed by atoms with Gasteiger partial charge in [0.05, 0.1) is 11.0 Å². The van der Waals surface area contributed by atoms with Gasteiger partial charge in [0.2, 0.25) is 5.91 Å². The van der Waals surface area contributed by atoms with E-state index in [-0.39, 0.29) is 24.3 Å². The minimum Gasteiger partial charge on any atom is -0.326 e. The van der Waals surface area contributed by atoms with Crippen molar-refractivity contribution in [3.05, 3.63) is 70.4 Å². The zero-order valence-corrected chi connectivity index (χ0v) is 12.2. The highest BCUT2D eigenvalue weighted by molar-refractivity contribution is 5.90. The lowest BCUT2D eigenvalue weighted by Gasteiger charge is -2.05. The van der Waals surface area contributed by atoms with Crippen LogP contribution in [0.4, 0.5) is 10.1 Å². The zero-order chi connectivity index (χ0) is 16.2. The number of carbonyl (C=O) groups excluding carboxylic acids is 1. The van der Waals surface area contributed by atoms with Crippen molar-refractivity contribution in [1.82, 2.24) is 9.97 Å². The number of amides is 1. The molecule has 1 amide bonds. The number of benzene rings is 2. The molecule has 0 radical (unpaired) electrons. The van der Waals surface area contributed by atoms with Gasteiger partial charge >= 0.3 is 0 Å². The summed E-state index contributed by atoms with van der Waals surface area (Å²) in [7, 11) is 0. The number of H-pyrrole nitrogens is 1. The number of nitrogens with zero attached hydrogens (tertiary/aromatic N) is 1. The molecule has 0 aliphatic carbocycles. The van der Waals surface area contributed by atoms with E-state index in [2.05, 4.69) is 15.3 Å². The Hall–Kier alpha value is -3.02. The summed E-state index contributed by atoms with van der Waals surface area (Å²) in [4.78, 5) is 30.9. The van der Waals surface area contributed by atoms with Crippen molar-refractivity contribution in [2.75, 3.05) is 5.32 Å². The van der Waals surface area contributed by atoms with Crippen molar-refractivity contribution >= 4 is 22.6 Å². The first-order valence-corrected chi connectivity index (χ1v) is 7.15. The maximum Gasteiger partial charge on any atom is 0.270 e. The molecule has 3 aromatic rings. The van der Waals surface area contributed by atoms with Crippen LogP contribution in [-0.2, 0) is 11.2 Å². The monoisotopic (exact) mass is 311 g/mol. The summed E-state index contributed by atoms with van der Waals surface area (Å²) in [6, 6.07) is 12.8. The summed E-state index contributed by atoms with van der Waals surface area (Å²) in [6.45, 7) is 0. The summed E-state index contributed by atoms with van der Waals surface area (Å²) in [5, 5.41) is 2.59. The van der Waals surface area contributed by atoms with Crippen LogP contribution in [0.3, 0.4) is 0 Å². The van der Waals surface area contributed by atoms with Crippen molar-refractivity contribution in [2.45, 2.75) is 12.8 Å². The van der Waals surface area contributed by atoms with E-state index in [1.54, 1.807) is 18.2 Å². The van der Waals surface area contributed by atoms with Crippen molar-refractivity contribution in [1.29, 1.82) is 0 Å². The Bertz CT molecular complexity index is 921. The van der Waals surface area contributed by atoms with E-state index in [9.17, 15) is 14.0 Å². The van der Waals surface area contributed by atoms with E-state index in [1.165, 1.54) is 18.2 Å². The van der Waals surface area contributed by atoms with E-state index in [4.69, 9.17) is 0 Å². The van der Waals surface area contributed by atoms with Crippen LogP contribution in [0.1, 0.15) is 12.1 Å². The smallest absolute Gasteiger partial charge is 0.270 e. The molecule has 1 heterocycles. The third-order valence-corrected chi connectivity index (χ3v) is 3.37. The third-order valence-electron chi connectivity index (χ3n) is 3.37. The summed E-state index contributed by atoms with van der Waals surface area (Å²) < 4.78 is 13.1. The molecule has 2 N–H and O–H groups in total. The van der Waals surface area contributed by atoms with Crippen molar-refractivity contribution in [3.63, 3.8) is 0 Å². The van der Waals surface area contributed by atoms with Gasteiger partial charge in [0, 0.05) is 18.5 Å². The van der Waals surface area contributed by atoms with Crippen molar-refractivity contribution < 1.29 is 9.18 Å². The molecule has 0 saturated heterocycles. The van der Waals surface area contributed by atoms with Crippen LogP contribution < -0.4 is 10.9 Å². The second kappa shape index (κ2) is 6.39. The number of anilines is 1. The maximum atomic E-state index is 13.1. The van der Waals surface area contributed by atoms with Crippen LogP contribution in [0.5, 0.6) is 0 Å². The Morgan fingerprint density at radius 3 is 2.83 bits per heavy atom. The molecule has 0 aliphatic rings. The molecule has 6 heteroatoms. The number of nitrogens with one attached hydrogen (secondary N) is 2. The molecule has 2 aromatic carbocycles. The average Bonchev–Trinajstić information content (AvgIpc) is 2.53. The van der Waals surface area contributed by atoms with Gasteiger partial charge in [0.15, 0.2) is 0 Å². The lowest BCUT2D eigenvalue weighted by molar-refractivity contribution is -0.116. The van der Waals surface area contributed by atoms with Gasteiger partial charge in [-0.1, -0.05) is 18.2 Å². The fourth-order valence-electron chi connectivity index (χ4n) is 2.26. The molecule has 5 nitrogen and oxygen atoms in total. The first-order chi connectivity index (χ1) is 11.1. The highest BCUT2D eigenvalue weighted by Crippen LogP contribution is 2.10. The van der Waals surface area contributed by atoms with E-state index >= 15 is 0 Å². The number of halogens is 1. The molecular weight excluding hydrogens is 297 g/mol. The lowest BCUT2D eigenvalue weighted by Crippen LogP contribution is -2.19. The second-order valence-electron chi connectivity index (χ2n) is 5.09. The molecule has 0 atom stereocenters.